The molecule has 3 rings (SSSR count). The Morgan fingerprint density at radius 1 is 1.00 bits per heavy atom. The molecule has 0 aliphatic rings. The van der Waals surface area contributed by atoms with Gasteiger partial charge in [-0.2, -0.15) is 0 Å². The number of aryl methyl sites for hydroxylation is 3. The van der Waals surface area contributed by atoms with Crippen LogP contribution in [0.4, 0.5) is 0 Å². The van der Waals surface area contributed by atoms with Crippen molar-refractivity contribution in [3.63, 3.8) is 0 Å². The smallest absolute Gasteiger partial charge is 0.254 e. The first-order chi connectivity index (χ1) is 10.1. The minimum atomic E-state index is 0.544. The normalized spacial score (nSPS) is 10.3. The molecule has 21 heavy (non-hydrogen) atoms. The summed E-state index contributed by atoms with van der Waals surface area (Å²) in [6.07, 6.45) is 5.51. The van der Waals surface area contributed by atoms with E-state index < -0.39 is 0 Å². The average molecular weight is 284 g/mol. The molecule has 4 heteroatoms. The predicted octanol–water partition coefficient (Wildman–Crippen LogP) is 3.79. The van der Waals surface area contributed by atoms with Crippen LogP contribution in [0.25, 0.3) is 16.9 Å². The van der Waals surface area contributed by atoms with Gasteiger partial charge in [0.2, 0.25) is 0 Å². The van der Waals surface area contributed by atoms with Crippen molar-refractivity contribution >= 4 is 5.65 Å². The Kier molecular flexibility index (Phi) is 4.26. The van der Waals surface area contributed by atoms with E-state index in [0.717, 1.165) is 33.7 Å². The van der Waals surface area contributed by atoms with Crippen molar-refractivity contribution in [2.75, 3.05) is 0 Å². The maximum Gasteiger partial charge on any atom is 0.254 e. The molecule has 2 heterocycles. The zero-order valence-corrected chi connectivity index (χ0v) is 13.2. The van der Waals surface area contributed by atoms with E-state index in [4.69, 9.17) is 5.11 Å². The van der Waals surface area contributed by atoms with Gasteiger partial charge in [-0.15, -0.1) is 0 Å². The lowest BCUT2D eigenvalue weighted by molar-refractivity contribution is 0.474. The summed E-state index contributed by atoms with van der Waals surface area (Å²) in [5.74, 6) is 0.544. The molecule has 0 spiro atoms. The van der Waals surface area contributed by atoms with Crippen LogP contribution in [0.2, 0.25) is 0 Å². The van der Waals surface area contributed by atoms with Crippen LogP contribution in [0.5, 0.6) is 5.75 Å². The van der Waals surface area contributed by atoms with Crippen LogP contribution in [0.15, 0.2) is 30.7 Å². The SMILES string of the molecule is CC.Cc1cc([OH2+])cc(C)c1-c1c(C)ncc2nccn12. The third-order valence-electron chi connectivity index (χ3n) is 3.40. The summed E-state index contributed by atoms with van der Waals surface area (Å²) in [5, 5.41) is 7.79. The topological polar surface area (TPSA) is 53.1 Å². The standard InChI is InChI=1S/C15H15N3O.C2H6/c1-9-6-12(19)7-10(2)14(9)15-11(3)17-8-13-16-4-5-18(13)15;1-2/h4-8,19H,1-3H3;1-2H3/p+1. The number of hydrogen-bond acceptors (Lipinski definition) is 2. The van der Waals surface area contributed by atoms with Crippen molar-refractivity contribution in [3.8, 4) is 17.0 Å². The lowest BCUT2D eigenvalue weighted by Gasteiger charge is -2.14. The largest absolute Gasteiger partial charge is 0.593 e. The molecule has 0 saturated carbocycles. The maximum absolute atomic E-state index is 7.79. The van der Waals surface area contributed by atoms with E-state index in [0.29, 0.717) is 5.75 Å². The number of hydrogen-bond donors (Lipinski definition) is 0. The molecule has 0 aliphatic carbocycles. The highest BCUT2D eigenvalue weighted by molar-refractivity contribution is 5.72. The van der Waals surface area contributed by atoms with Gasteiger partial charge in [-0.05, 0) is 31.9 Å². The monoisotopic (exact) mass is 284 g/mol. The Bertz CT molecular complexity index is 752. The number of rotatable bonds is 1. The molecule has 2 N–H and O–H groups in total. The summed E-state index contributed by atoms with van der Waals surface area (Å²) in [4.78, 5) is 8.72. The number of aromatic nitrogens is 3. The molecule has 4 nitrogen and oxygen atoms in total. The minimum Gasteiger partial charge on any atom is -0.593 e. The van der Waals surface area contributed by atoms with Crippen LogP contribution < -0.4 is 0 Å². The Morgan fingerprint density at radius 3 is 2.24 bits per heavy atom. The molecule has 0 unspecified atom stereocenters. The molecule has 0 atom stereocenters. The third-order valence-corrected chi connectivity index (χ3v) is 3.40. The molecule has 110 valence electrons. The second-order valence-corrected chi connectivity index (χ2v) is 4.83. The summed E-state index contributed by atoms with van der Waals surface area (Å²) in [6.45, 7) is 10.1. The van der Waals surface area contributed by atoms with Gasteiger partial charge in [0, 0.05) is 30.1 Å². The van der Waals surface area contributed by atoms with Gasteiger partial charge in [0.1, 0.15) is 0 Å². The minimum absolute atomic E-state index is 0.544. The zero-order chi connectivity index (χ0) is 15.6. The number of benzene rings is 1. The average Bonchev–Trinajstić information content (AvgIpc) is 2.91. The van der Waals surface area contributed by atoms with Crippen LogP contribution in [0.1, 0.15) is 30.7 Å². The van der Waals surface area contributed by atoms with E-state index in [1.165, 1.54) is 0 Å². The number of imidazole rings is 1. The lowest BCUT2D eigenvalue weighted by Crippen LogP contribution is -2.00. The summed E-state index contributed by atoms with van der Waals surface area (Å²) in [5.41, 5.74) is 6.20. The third kappa shape index (κ3) is 2.61. The highest BCUT2D eigenvalue weighted by Gasteiger charge is 2.15. The molecular weight excluding hydrogens is 262 g/mol. The summed E-state index contributed by atoms with van der Waals surface area (Å²) in [7, 11) is 0. The van der Waals surface area contributed by atoms with E-state index in [2.05, 4.69) is 14.4 Å². The molecule has 0 bridgehead atoms. The van der Waals surface area contributed by atoms with Crippen molar-refractivity contribution < 1.29 is 5.11 Å². The van der Waals surface area contributed by atoms with Crippen LogP contribution in [-0.4, -0.2) is 19.5 Å². The number of nitrogens with zero attached hydrogens (tertiary/aromatic N) is 3. The van der Waals surface area contributed by atoms with E-state index in [1.807, 2.05) is 52.9 Å². The van der Waals surface area contributed by atoms with Crippen molar-refractivity contribution in [3.05, 3.63) is 47.5 Å². The van der Waals surface area contributed by atoms with Crippen molar-refractivity contribution in [2.45, 2.75) is 34.6 Å². The first-order valence-electron chi connectivity index (χ1n) is 7.20. The van der Waals surface area contributed by atoms with E-state index in [-0.39, 0.29) is 0 Å². The van der Waals surface area contributed by atoms with E-state index >= 15 is 0 Å². The molecule has 0 aliphatic heterocycles. The molecule has 0 fully saturated rings. The van der Waals surface area contributed by atoms with Gasteiger partial charge in [-0.3, -0.25) is 9.38 Å². The summed E-state index contributed by atoms with van der Waals surface area (Å²) >= 11 is 0. The van der Waals surface area contributed by atoms with Gasteiger partial charge >= 0.3 is 0 Å². The molecule has 1 aromatic carbocycles. The van der Waals surface area contributed by atoms with Gasteiger partial charge in [0.25, 0.3) is 5.75 Å². The van der Waals surface area contributed by atoms with E-state index in [1.54, 1.807) is 12.4 Å². The highest BCUT2D eigenvalue weighted by Crippen LogP contribution is 2.32. The quantitative estimate of drug-likeness (QED) is 0.638. The maximum atomic E-state index is 7.79. The summed E-state index contributed by atoms with van der Waals surface area (Å²) in [6, 6.07) is 3.77. The second-order valence-electron chi connectivity index (χ2n) is 4.83. The van der Waals surface area contributed by atoms with Gasteiger partial charge in [-0.25, -0.2) is 4.98 Å². The molecule has 0 amide bonds. The Labute approximate surface area is 125 Å². The molecule has 0 radical (unpaired) electrons. The fourth-order valence-corrected chi connectivity index (χ4v) is 2.63. The first kappa shape index (κ1) is 15.0. The zero-order valence-electron chi connectivity index (χ0n) is 13.2. The first-order valence-corrected chi connectivity index (χ1v) is 7.20. The molecule has 3 aromatic rings. The lowest BCUT2D eigenvalue weighted by atomic mass is 9.98. The van der Waals surface area contributed by atoms with Gasteiger partial charge < -0.3 is 5.11 Å². The van der Waals surface area contributed by atoms with E-state index in [9.17, 15) is 0 Å². The predicted molar refractivity (Wildman–Crippen MR) is 87.0 cm³/mol. The Balaban J connectivity index is 0.000000774. The van der Waals surface area contributed by atoms with Crippen molar-refractivity contribution in [2.24, 2.45) is 0 Å². The molecule has 0 saturated heterocycles. The Morgan fingerprint density at radius 2 is 1.62 bits per heavy atom. The van der Waals surface area contributed by atoms with Gasteiger partial charge in [-0.1, -0.05) is 13.8 Å². The van der Waals surface area contributed by atoms with Crippen LogP contribution in [0.3, 0.4) is 0 Å². The number of fused-ring (bicyclic) bond motifs is 1. The fourth-order valence-electron chi connectivity index (χ4n) is 2.63. The second kappa shape index (κ2) is 5.95. The summed E-state index contributed by atoms with van der Waals surface area (Å²) < 4.78 is 2.06. The highest BCUT2D eigenvalue weighted by atomic mass is 16.3. The van der Waals surface area contributed by atoms with Crippen LogP contribution in [-0.2, 0) is 0 Å². The van der Waals surface area contributed by atoms with Crippen molar-refractivity contribution in [1.82, 2.24) is 14.4 Å². The fraction of sp³-hybridized carbons (Fsp3) is 0.294. The van der Waals surface area contributed by atoms with Gasteiger partial charge in [0.05, 0.1) is 17.6 Å². The Hall–Kier alpha value is -2.36. The van der Waals surface area contributed by atoms with Crippen molar-refractivity contribution in [1.29, 1.82) is 0 Å². The molecule has 2 aromatic heterocycles. The van der Waals surface area contributed by atoms with Crippen LogP contribution in [0, 0.1) is 20.8 Å². The molecular formula is C17H22N3O+. The van der Waals surface area contributed by atoms with Gasteiger partial charge in [0.15, 0.2) is 5.65 Å². The van der Waals surface area contributed by atoms with Crippen LogP contribution >= 0.6 is 0 Å².